The highest BCUT2D eigenvalue weighted by molar-refractivity contribution is 5.43. The first-order valence-electron chi connectivity index (χ1n) is 10.5. The molecular formula is C23H34N4O3. The van der Waals surface area contributed by atoms with E-state index in [1.807, 2.05) is 36.4 Å². The second-order valence-electron chi connectivity index (χ2n) is 8.18. The molecule has 0 saturated carbocycles. The van der Waals surface area contributed by atoms with Crippen molar-refractivity contribution in [3.05, 3.63) is 48.2 Å². The summed E-state index contributed by atoms with van der Waals surface area (Å²) in [5.41, 5.74) is 0.340. The quantitative estimate of drug-likeness (QED) is 0.546. The van der Waals surface area contributed by atoms with Crippen molar-refractivity contribution in [3.63, 3.8) is 0 Å². The van der Waals surface area contributed by atoms with Crippen molar-refractivity contribution in [2.75, 3.05) is 58.9 Å². The summed E-state index contributed by atoms with van der Waals surface area (Å²) in [7, 11) is 5.77. The van der Waals surface area contributed by atoms with Crippen LogP contribution in [0.3, 0.4) is 0 Å². The van der Waals surface area contributed by atoms with Crippen LogP contribution in [0.15, 0.2) is 42.6 Å². The number of aliphatic hydroxyl groups is 1. The Balaban J connectivity index is 1.47. The predicted octanol–water partition coefficient (Wildman–Crippen LogP) is 2.15. The Morgan fingerprint density at radius 2 is 2.10 bits per heavy atom. The van der Waals surface area contributed by atoms with Gasteiger partial charge >= 0.3 is 0 Å². The van der Waals surface area contributed by atoms with E-state index in [1.54, 1.807) is 13.3 Å². The van der Waals surface area contributed by atoms with Crippen LogP contribution in [0.25, 0.3) is 0 Å². The number of β-amino-alcohol motifs (C(OH)–C–C–N with tert-alkyl or cyclic N) is 1. The third-order valence-corrected chi connectivity index (χ3v) is 5.32. The zero-order valence-corrected chi connectivity index (χ0v) is 18.3. The molecule has 0 unspecified atom stereocenters. The molecule has 7 nitrogen and oxygen atoms in total. The first-order valence-corrected chi connectivity index (χ1v) is 10.5. The van der Waals surface area contributed by atoms with E-state index in [0.29, 0.717) is 26.2 Å². The van der Waals surface area contributed by atoms with Gasteiger partial charge in [-0.05, 0) is 56.8 Å². The Kier molecular flexibility index (Phi) is 7.90. The number of methoxy groups -OCH3 is 1. The van der Waals surface area contributed by atoms with Gasteiger partial charge in [0.1, 0.15) is 5.82 Å². The lowest BCUT2D eigenvalue weighted by Gasteiger charge is -2.24. The summed E-state index contributed by atoms with van der Waals surface area (Å²) in [4.78, 5) is 8.66. The van der Waals surface area contributed by atoms with E-state index in [4.69, 9.17) is 9.47 Å². The van der Waals surface area contributed by atoms with Crippen molar-refractivity contribution in [1.82, 2.24) is 15.2 Å². The molecule has 1 aromatic heterocycles. The van der Waals surface area contributed by atoms with Gasteiger partial charge in [0, 0.05) is 38.9 Å². The second kappa shape index (κ2) is 10.6. The van der Waals surface area contributed by atoms with Gasteiger partial charge in [0.15, 0.2) is 11.5 Å². The third kappa shape index (κ3) is 6.32. The van der Waals surface area contributed by atoms with E-state index < -0.39 is 5.60 Å². The molecule has 0 aliphatic carbocycles. The van der Waals surface area contributed by atoms with Crippen molar-refractivity contribution >= 4 is 5.82 Å². The van der Waals surface area contributed by atoms with Crippen LogP contribution in [-0.4, -0.2) is 74.6 Å². The van der Waals surface area contributed by atoms with Crippen molar-refractivity contribution in [1.29, 1.82) is 0 Å². The molecule has 1 aromatic carbocycles. The van der Waals surface area contributed by atoms with E-state index in [0.717, 1.165) is 48.8 Å². The molecule has 1 aliphatic heterocycles. The van der Waals surface area contributed by atoms with Gasteiger partial charge in [-0.25, -0.2) is 4.98 Å². The minimum Gasteiger partial charge on any atom is -0.493 e. The predicted molar refractivity (Wildman–Crippen MR) is 119 cm³/mol. The average molecular weight is 415 g/mol. The molecule has 1 fully saturated rings. The molecule has 0 bridgehead atoms. The van der Waals surface area contributed by atoms with Crippen LogP contribution in [0, 0.1) is 0 Å². The summed E-state index contributed by atoms with van der Waals surface area (Å²) in [6.45, 7) is 4.23. The van der Waals surface area contributed by atoms with Gasteiger partial charge in [0.05, 0.1) is 19.3 Å². The molecule has 3 rings (SSSR count). The maximum absolute atomic E-state index is 10.9. The Labute approximate surface area is 179 Å². The summed E-state index contributed by atoms with van der Waals surface area (Å²) in [6, 6.07) is 11.8. The van der Waals surface area contributed by atoms with Gasteiger partial charge in [-0.3, -0.25) is 0 Å². The smallest absolute Gasteiger partial charge is 0.161 e. The van der Waals surface area contributed by atoms with Gasteiger partial charge in [-0.2, -0.15) is 0 Å². The van der Waals surface area contributed by atoms with Gasteiger partial charge in [-0.15, -0.1) is 0 Å². The molecule has 7 heteroatoms. The topological polar surface area (TPSA) is 70.1 Å². The second-order valence-corrected chi connectivity index (χ2v) is 8.18. The summed E-state index contributed by atoms with van der Waals surface area (Å²) < 4.78 is 11.4. The van der Waals surface area contributed by atoms with Crippen LogP contribution >= 0.6 is 0 Å². The largest absolute Gasteiger partial charge is 0.493 e. The fraction of sp³-hybridized carbons (Fsp3) is 0.522. The van der Waals surface area contributed by atoms with Gasteiger partial charge in [0.25, 0.3) is 0 Å². The number of anilines is 1. The molecule has 1 saturated heterocycles. The van der Waals surface area contributed by atoms with Crippen LogP contribution in [0.5, 0.6) is 11.5 Å². The number of ether oxygens (including phenoxy) is 2. The minimum atomic E-state index is -0.753. The number of nitrogens with zero attached hydrogens (tertiary/aromatic N) is 3. The van der Waals surface area contributed by atoms with Crippen LogP contribution in [-0.2, 0) is 6.54 Å². The Morgan fingerprint density at radius 1 is 1.23 bits per heavy atom. The number of hydrogen-bond donors (Lipinski definition) is 2. The lowest BCUT2D eigenvalue weighted by Crippen LogP contribution is -2.43. The molecule has 164 valence electrons. The summed E-state index contributed by atoms with van der Waals surface area (Å²) in [5.74, 6) is 2.42. The zero-order valence-electron chi connectivity index (χ0n) is 18.3. The summed E-state index contributed by atoms with van der Waals surface area (Å²) in [6.07, 6.45) is 3.47. The highest BCUT2D eigenvalue weighted by atomic mass is 16.5. The monoisotopic (exact) mass is 414 g/mol. The van der Waals surface area contributed by atoms with E-state index in [-0.39, 0.29) is 0 Å². The number of nitrogens with one attached hydrogen (secondary N) is 1. The molecule has 2 N–H and O–H groups in total. The molecular weight excluding hydrogens is 380 g/mol. The van der Waals surface area contributed by atoms with E-state index in [1.165, 1.54) is 0 Å². The maximum Gasteiger partial charge on any atom is 0.161 e. The zero-order chi connectivity index (χ0) is 21.4. The number of hydrogen-bond acceptors (Lipinski definition) is 7. The fourth-order valence-corrected chi connectivity index (χ4v) is 3.68. The number of pyridine rings is 1. The van der Waals surface area contributed by atoms with Crippen LogP contribution in [0.1, 0.15) is 18.4 Å². The Morgan fingerprint density at radius 3 is 2.83 bits per heavy atom. The van der Waals surface area contributed by atoms with Gasteiger partial charge in [0.2, 0.25) is 0 Å². The molecule has 0 spiro atoms. The standard InChI is InChI=1S/C23H34N4O3/c1-26(2)12-6-14-30-20-9-8-19(15-21(20)29-3)16-24-17-23(28)10-13-27(18-23)22-7-4-5-11-25-22/h4-5,7-9,11,15,24,28H,6,10,12-14,16-18H2,1-3H3/t23-/m0/s1. The number of benzene rings is 1. The maximum atomic E-state index is 10.9. The lowest BCUT2D eigenvalue weighted by atomic mass is 10.0. The Hall–Kier alpha value is -2.35. The summed E-state index contributed by atoms with van der Waals surface area (Å²) in [5, 5.41) is 14.3. The van der Waals surface area contributed by atoms with Crippen LogP contribution in [0.4, 0.5) is 5.82 Å². The van der Waals surface area contributed by atoms with Crippen LogP contribution in [0.2, 0.25) is 0 Å². The van der Waals surface area contributed by atoms with Gasteiger partial charge < -0.3 is 29.7 Å². The van der Waals surface area contributed by atoms with Crippen molar-refractivity contribution in [3.8, 4) is 11.5 Å². The lowest BCUT2D eigenvalue weighted by molar-refractivity contribution is 0.0626. The molecule has 2 heterocycles. The normalized spacial score (nSPS) is 18.8. The molecule has 0 radical (unpaired) electrons. The molecule has 30 heavy (non-hydrogen) atoms. The molecule has 1 atom stereocenters. The SMILES string of the molecule is COc1cc(CNC[C@@]2(O)CCN(c3ccccn3)C2)ccc1OCCCN(C)C. The van der Waals surface area contributed by atoms with E-state index in [9.17, 15) is 5.11 Å². The first kappa shape index (κ1) is 22.3. The fourth-order valence-electron chi connectivity index (χ4n) is 3.68. The summed E-state index contributed by atoms with van der Waals surface area (Å²) >= 11 is 0. The van der Waals surface area contributed by atoms with E-state index >= 15 is 0 Å². The highest BCUT2D eigenvalue weighted by Gasteiger charge is 2.36. The number of rotatable bonds is 11. The number of aromatic nitrogens is 1. The van der Waals surface area contributed by atoms with Crippen molar-refractivity contribution in [2.45, 2.75) is 25.0 Å². The third-order valence-electron chi connectivity index (χ3n) is 5.32. The molecule has 2 aromatic rings. The molecule has 0 amide bonds. The Bertz CT molecular complexity index is 787. The first-order chi connectivity index (χ1) is 14.5. The van der Waals surface area contributed by atoms with Gasteiger partial charge in [-0.1, -0.05) is 12.1 Å². The molecule has 1 aliphatic rings. The van der Waals surface area contributed by atoms with Crippen LogP contribution < -0.4 is 19.7 Å². The average Bonchev–Trinajstić information content (AvgIpc) is 3.14. The minimum absolute atomic E-state index is 0.529. The van der Waals surface area contributed by atoms with Crippen molar-refractivity contribution < 1.29 is 14.6 Å². The van der Waals surface area contributed by atoms with E-state index in [2.05, 4.69) is 34.2 Å². The van der Waals surface area contributed by atoms with Crippen molar-refractivity contribution in [2.24, 2.45) is 0 Å². The highest BCUT2D eigenvalue weighted by Crippen LogP contribution is 2.29.